The number of H-pyrrole nitrogens is 1. The summed E-state index contributed by atoms with van der Waals surface area (Å²) in [5.74, 6) is -3.41. The molecule has 0 aliphatic rings. The highest BCUT2D eigenvalue weighted by Gasteiger charge is 2.30. The van der Waals surface area contributed by atoms with Gasteiger partial charge in [0.05, 0.1) is 10.4 Å². The number of aromatic nitrogens is 1. The minimum Gasteiger partial charge on any atom is -0.480 e. The van der Waals surface area contributed by atoms with Crippen LogP contribution in [0.2, 0.25) is 0 Å². The van der Waals surface area contributed by atoms with Crippen molar-refractivity contribution in [1.82, 2.24) is 9.71 Å². The normalized spacial score (nSPS) is 12.3. The van der Waals surface area contributed by atoms with E-state index in [1.807, 2.05) is 10.8 Å². The fourth-order valence-corrected chi connectivity index (χ4v) is 5.66. The average molecular weight is 523 g/mol. The number of hydrogen-bond acceptors (Lipinski definition) is 4. The molecule has 4 aromatic rings. The molecule has 0 fully saturated rings. The first-order valence-corrected chi connectivity index (χ1v) is 12.1. The predicted molar refractivity (Wildman–Crippen MR) is 120 cm³/mol. The summed E-state index contributed by atoms with van der Waals surface area (Å²) < 4.78 is 82.8. The number of benzene rings is 2. The summed E-state index contributed by atoms with van der Waals surface area (Å²) in [6.07, 6.45) is 0.282. The van der Waals surface area contributed by atoms with Crippen LogP contribution in [-0.2, 0) is 21.2 Å². The smallest absolute Gasteiger partial charge is 0.322 e. The summed E-state index contributed by atoms with van der Waals surface area (Å²) in [5.41, 5.74) is -0.248. The molecule has 3 N–H and O–H groups in total. The lowest BCUT2D eigenvalue weighted by molar-refractivity contribution is -0.138. The SMILES string of the molecule is O=C(O)[C@H](Cc1c[nH]c2c(F)c(F)c(F)c(F)c12)NS(=O)(=O)c1ccc(C#Cc2ccccc2)s1. The van der Waals surface area contributed by atoms with Crippen molar-refractivity contribution in [3.63, 3.8) is 0 Å². The number of rotatable bonds is 6. The lowest BCUT2D eigenvalue weighted by atomic mass is 10.0. The lowest BCUT2D eigenvalue weighted by Gasteiger charge is -2.14. The largest absolute Gasteiger partial charge is 0.480 e. The van der Waals surface area contributed by atoms with Crippen molar-refractivity contribution in [2.24, 2.45) is 0 Å². The Morgan fingerprint density at radius 1 is 1.00 bits per heavy atom. The number of aromatic amines is 1. The van der Waals surface area contributed by atoms with Crippen LogP contribution in [-0.4, -0.2) is 30.5 Å². The van der Waals surface area contributed by atoms with Gasteiger partial charge in [0.2, 0.25) is 0 Å². The van der Waals surface area contributed by atoms with Gasteiger partial charge in [0.25, 0.3) is 10.0 Å². The van der Waals surface area contributed by atoms with E-state index in [0.29, 0.717) is 10.4 Å². The number of sulfonamides is 1. The molecule has 35 heavy (non-hydrogen) atoms. The second kappa shape index (κ2) is 9.53. The summed E-state index contributed by atoms with van der Waals surface area (Å²) in [7, 11) is -4.35. The average Bonchev–Trinajstić information content (AvgIpc) is 3.48. The summed E-state index contributed by atoms with van der Waals surface area (Å²) in [6, 6.07) is 9.84. The number of aliphatic carboxylic acids is 1. The molecule has 4 rings (SSSR count). The molecule has 2 aromatic carbocycles. The molecule has 0 aliphatic heterocycles. The van der Waals surface area contributed by atoms with E-state index < -0.39 is 62.6 Å². The molecular formula is C23H14F4N2O4S2. The minimum absolute atomic E-state index is 0.217. The van der Waals surface area contributed by atoms with E-state index in [4.69, 9.17) is 0 Å². The van der Waals surface area contributed by atoms with E-state index in [-0.39, 0.29) is 9.77 Å². The number of carbonyl (C=O) groups is 1. The molecule has 0 saturated carbocycles. The predicted octanol–water partition coefficient (Wildman–Crippen LogP) is 4.16. The molecule has 2 aromatic heterocycles. The highest BCUT2D eigenvalue weighted by molar-refractivity contribution is 7.91. The van der Waals surface area contributed by atoms with Crippen LogP contribution in [0.3, 0.4) is 0 Å². The van der Waals surface area contributed by atoms with Crippen molar-refractivity contribution < 1.29 is 35.9 Å². The van der Waals surface area contributed by atoms with Crippen LogP contribution in [0.25, 0.3) is 10.9 Å². The Balaban J connectivity index is 1.60. The third-order valence-electron chi connectivity index (χ3n) is 4.95. The van der Waals surface area contributed by atoms with Crippen molar-refractivity contribution in [2.45, 2.75) is 16.7 Å². The van der Waals surface area contributed by atoms with Crippen LogP contribution >= 0.6 is 11.3 Å². The molecule has 0 unspecified atom stereocenters. The molecular weight excluding hydrogens is 508 g/mol. The Bertz CT molecular complexity index is 1600. The molecule has 6 nitrogen and oxygen atoms in total. The Morgan fingerprint density at radius 2 is 1.69 bits per heavy atom. The zero-order valence-corrected chi connectivity index (χ0v) is 19.0. The Hall–Kier alpha value is -3.66. The third kappa shape index (κ3) is 4.93. The van der Waals surface area contributed by atoms with E-state index in [1.165, 1.54) is 12.1 Å². The maximum atomic E-state index is 14.3. The van der Waals surface area contributed by atoms with Crippen molar-refractivity contribution in [1.29, 1.82) is 0 Å². The fourth-order valence-electron chi connectivity index (χ4n) is 3.29. The van der Waals surface area contributed by atoms with E-state index in [9.17, 15) is 35.9 Å². The van der Waals surface area contributed by atoms with E-state index in [0.717, 1.165) is 17.5 Å². The first kappa shape index (κ1) is 24.5. The Labute approximate surface area is 200 Å². The van der Waals surface area contributed by atoms with Crippen LogP contribution < -0.4 is 4.72 Å². The number of nitrogens with one attached hydrogen (secondary N) is 2. The molecule has 2 heterocycles. The molecule has 1 atom stereocenters. The quantitative estimate of drug-likeness (QED) is 0.153. The number of halogens is 4. The summed E-state index contributed by atoms with van der Waals surface area (Å²) in [5, 5.41) is 8.83. The van der Waals surface area contributed by atoms with Gasteiger partial charge in [-0.25, -0.2) is 26.0 Å². The van der Waals surface area contributed by atoms with Crippen molar-refractivity contribution in [2.75, 3.05) is 0 Å². The summed E-state index contributed by atoms with van der Waals surface area (Å²) in [6.45, 7) is 0. The van der Waals surface area contributed by atoms with Gasteiger partial charge in [-0.05, 0) is 29.8 Å². The summed E-state index contributed by atoms with van der Waals surface area (Å²) >= 11 is 0.807. The topological polar surface area (TPSA) is 99.3 Å². The second-order valence-electron chi connectivity index (χ2n) is 7.27. The van der Waals surface area contributed by atoms with Gasteiger partial charge in [0.15, 0.2) is 23.3 Å². The fraction of sp³-hybridized carbons (Fsp3) is 0.0870. The van der Waals surface area contributed by atoms with Crippen LogP contribution in [0.5, 0.6) is 0 Å². The standard InChI is InChI=1S/C23H14F4N2O4S2/c24-18-17-13(11-28-22(17)21(27)20(26)19(18)25)10-15(23(30)31)29-35(32,33)16-9-8-14(34-16)7-6-12-4-2-1-3-5-12/h1-5,8-9,11,15,28-29H,10H2,(H,30,31)/t15-/m0/s1. The van der Waals surface area contributed by atoms with Gasteiger partial charge in [-0.2, -0.15) is 4.72 Å². The maximum Gasteiger partial charge on any atom is 0.322 e. The van der Waals surface area contributed by atoms with Crippen molar-refractivity contribution in [3.05, 3.63) is 87.9 Å². The molecule has 0 bridgehead atoms. The molecule has 0 radical (unpaired) electrons. The van der Waals surface area contributed by atoms with Gasteiger partial charge >= 0.3 is 5.97 Å². The number of carboxylic acids is 1. The Morgan fingerprint density at radius 3 is 2.37 bits per heavy atom. The van der Waals surface area contributed by atoms with Crippen LogP contribution in [0.1, 0.15) is 16.0 Å². The number of fused-ring (bicyclic) bond motifs is 1. The number of carboxylic acid groups (broad SMARTS) is 1. The highest BCUT2D eigenvalue weighted by Crippen LogP contribution is 2.30. The Kier molecular flexibility index (Phi) is 6.66. The van der Waals surface area contributed by atoms with Gasteiger partial charge in [-0.3, -0.25) is 4.79 Å². The third-order valence-corrected chi connectivity index (χ3v) is 7.91. The highest BCUT2D eigenvalue weighted by atomic mass is 32.2. The van der Waals surface area contributed by atoms with E-state index in [2.05, 4.69) is 16.8 Å². The van der Waals surface area contributed by atoms with Crippen molar-refractivity contribution >= 4 is 38.2 Å². The minimum atomic E-state index is -4.35. The van der Waals surface area contributed by atoms with Gasteiger partial charge in [0, 0.05) is 23.6 Å². The van der Waals surface area contributed by atoms with Crippen LogP contribution in [0, 0.1) is 35.1 Å². The maximum absolute atomic E-state index is 14.3. The van der Waals surface area contributed by atoms with Gasteiger partial charge in [-0.1, -0.05) is 30.0 Å². The molecule has 0 spiro atoms. The van der Waals surface area contributed by atoms with E-state index >= 15 is 0 Å². The van der Waals surface area contributed by atoms with Crippen LogP contribution in [0.15, 0.2) is 52.9 Å². The number of thiophene rings is 1. The molecule has 0 aliphatic carbocycles. The molecule has 0 saturated heterocycles. The lowest BCUT2D eigenvalue weighted by Crippen LogP contribution is -2.42. The molecule has 180 valence electrons. The molecule has 0 amide bonds. The molecule has 12 heteroatoms. The second-order valence-corrected chi connectivity index (χ2v) is 10.3. The van der Waals surface area contributed by atoms with Crippen LogP contribution in [0.4, 0.5) is 17.6 Å². The van der Waals surface area contributed by atoms with E-state index in [1.54, 1.807) is 24.3 Å². The summed E-state index contributed by atoms with van der Waals surface area (Å²) in [4.78, 5) is 14.4. The van der Waals surface area contributed by atoms with Gasteiger partial charge < -0.3 is 10.1 Å². The number of hydrogen-bond donors (Lipinski definition) is 3. The van der Waals surface area contributed by atoms with Gasteiger partial charge in [-0.15, -0.1) is 11.3 Å². The first-order valence-electron chi connectivity index (χ1n) is 9.82. The monoisotopic (exact) mass is 522 g/mol. The first-order chi connectivity index (χ1) is 16.6. The van der Waals surface area contributed by atoms with Crippen molar-refractivity contribution in [3.8, 4) is 11.8 Å². The zero-order valence-electron chi connectivity index (χ0n) is 17.4. The van der Waals surface area contributed by atoms with Gasteiger partial charge in [0.1, 0.15) is 10.3 Å². The zero-order chi connectivity index (χ0) is 25.3.